The summed E-state index contributed by atoms with van der Waals surface area (Å²) in [5, 5.41) is 0. The molecule has 0 unspecified atom stereocenters. The van der Waals surface area contributed by atoms with Crippen molar-refractivity contribution in [2.75, 3.05) is 39.3 Å². The summed E-state index contributed by atoms with van der Waals surface area (Å²) >= 11 is 0. The van der Waals surface area contributed by atoms with E-state index in [1.807, 2.05) is 13.8 Å². The second-order valence-electron chi connectivity index (χ2n) is 5.55. The molecule has 0 aromatic heterocycles. The van der Waals surface area contributed by atoms with Gasteiger partial charge in [0.1, 0.15) is 0 Å². The number of carbonyl (C=O) groups excluding carboxylic acids is 2. The van der Waals surface area contributed by atoms with E-state index in [1.54, 1.807) is 21.9 Å². The van der Waals surface area contributed by atoms with E-state index in [1.165, 1.54) is 16.4 Å². The van der Waals surface area contributed by atoms with Crippen LogP contribution >= 0.6 is 0 Å². The summed E-state index contributed by atoms with van der Waals surface area (Å²) in [4.78, 5) is 26.5. The Bertz CT molecular complexity index is 693. The van der Waals surface area contributed by atoms with Gasteiger partial charge in [-0.1, -0.05) is 6.07 Å². The van der Waals surface area contributed by atoms with Gasteiger partial charge in [-0.15, -0.1) is 0 Å². The van der Waals surface area contributed by atoms with Gasteiger partial charge in [0.25, 0.3) is 5.91 Å². The maximum absolute atomic E-state index is 12.8. The van der Waals surface area contributed by atoms with Crippen molar-refractivity contribution in [3.63, 3.8) is 0 Å². The zero-order valence-corrected chi connectivity index (χ0v) is 14.8. The van der Waals surface area contributed by atoms with E-state index in [0.29, 0.717) is 31.7 Å². The predicted octanol–water partition coefficient (Wildman–Crippen LogP) is 0.631. The SMILES string of the molecule is CCN(CC)C(=O)c1cccc(S(=O)(=O)N2CCN(C=O)CC2)c1. The van der Waals surface area contributed by atoms with Gasteiger partial charge in [0, 0.05) is 44.8 Å². The van der Waals surface area contributed by atoms with Crippen LogP contribution in [-0.4, -0.2) is 74.1 Å². The number of rotatable bonds is 6. The van der Waals surface area contributed by atoms with Crippen LogP contribution in [-0.2, 0) is 14.8 Å². The quantitative estimate of drug-likeness (QED) is 0.703. The highest BCUT2D eigenvalue weighted by Gasteiger charge is 2.28. The number of hydrogen-bond acceptors (Lipinski definition) is 4. The Kier molecular flexibility index (Phi) is 5.95. The molecule has 0 saturated carbocycles. The summed E-state index contributed by atoms with van der Waals surface area (Å²) in [5.41, 5.74) is 0.367. The fraction of sp³-hybridized carbons (Fsp3) is 0.500. The molecular formula is C16H23N3O4S. The van der Waals surface area contributed by atoms with Gasteiger partial charge in [-0.3, -0.25) is 9.59 Å². The van der Waals surface area contributed by atoms with Crippen molar-refractivity contribution in [2.45, 2.75) is 18.7 Å². The average Bonchev–Trinajstić information content (AvgIpc) is 2.62. The van der Waals surface area contributed by atoms with Crippen LogP contribution in [0.4, 0.5) is 0 Å². The molecule has 7 nitrogen and oxygen atoms in total. The third-order valence-corrected chi connectivity index (χ3v) is 6.09. The van der Waals surface area contributed by atoms with Crippen LogP contribution in [0.5, 0.6) is 0 Å². The summed E-state index contributed by atoms with van der Waals surface area (Å²) in [7, 11) is -3.67. The van der Waals surface area contributed by atoms with Crippen molar-refractivity contribution in [3.8, 4) is 0 Å². The number of nitrogens with zero attached hydrogens (tertiary/aromatic N) is 3. The van der Waals surface area contributed by atoms with Gasteiger partial charge >= 0.3 is 0 Å². The lowest BCUT2D eigenvalue weighted by molar-refractivity contribution is -0.119. The molecular weight excluding hydrogens is 330 g/mol. The minimum absolute atomic E-state index is 0.111. The first-order valence-corrected chi connectivity index (χ1v) is 9.46. The lowest BCUT2D eigenvalue weighted by atomic mass is 10.2. The largest absolute Gasteiger partial charge is 0.343 e. The number of sulfonamides is 1. The van der Waals surface area contributed by atoms with Crippen LogP contribution in [0.2, 0.25) is 0 Å². The highest BCUT2D eigenvalue weighted by atomic mass is 32.2. The van der Waals surface area contributed by atoms with E-state index in [9.17, 15) is 18.0 Å². The van der Waals surface area contributed by atoms with Crippen LogP contribution in [0.15, 0.2) is 29.2 Å². The first-order chi connectivity index (χ1) is 11.4. The number of hydrogen-bond donors (Lipinski definition) is 0. The van der Waals surface area contributed by atoms with E-state index >= 15 is 0 Å². The van der Waals surface area contributed by atoms with Crippen molar-refractivity contribution in [2.24, 2.45) is 0 Å². The second kappa shape index (κ2) is 7.76. The summed E-state index contributed by atoms with van der Waals surface area (Å²) in [6.45, 7) is 6.18. The van der Waals surface area contributed by atoms with Crippen LogP contribution in [0.1, 0.15) is 24.2 Å². The molecule has 0 spiro atoms. The topological polar surface area (TPSA) is 78.0 Å². The lowest BCUT2D eigenvalue weighted by Crippen LogP contribution is -2.48. The Balaban J connectivity index is 2.24. The molecule has 0 radical (unpaired) electrons. The zero-order valence-electron chi connectivity index (χ0n) is 14.0. The monoisotopic (exact) mass is 353 g/mol. The fourth-order valence-electron chi connectivity index (χ4n) is 2.68. The van der Waals surface area contributed by atoms with E-state index in [0.717, 1.165) is 6.41 Å². The molecule has 24 heavy (non-hydrogen) atoms. The van der Waals surface area contributed by atoms with Gasteiger partial charge in [-0.05, 0) is 32.0 Å². The molecule has 8 heteroatoms. The van der Waals surface area contributed by atoms with Crippen molar-refractivity contribution in [1.29, 1.82) is 0 Å². The molecule has 1 aromatic rings. The van der Waals surface area contributed by atoms with Gasteiger partial charge in [0.15, 0.2) is 0 Å². The molecule has 2 amide bonds. The predicted molar refractivity (Wildman–Crippen MR) is 90.1 cm³/mol. The van der Waals surface area contributed by atoms with Gasteiger partial charge < -0.3 is 9.80 Å². The van der Waals surface area contributed by atoms with Gasteiger partial charge in [-0.2, -0.15) is 4.31 Å². The molecule has 1 aliphatic heterocycles. The van der Waals surface area contributed by atoms with E-state index in [2.05, 4.69) is 0 Å². The molecule has 1 aliphatic rings. The van der Waals surface area contributed by atoms with Gasteiger partial charge in [0.05, 0.1) is 4.90 Å². The molecule has 0 bridgehead atoms. The fourth-order valence-corrected chi connectivity index (χ4v) is 4.15. The van der Waals surface area contributed by atoms with Crippen molar-refractivity contribution >= 4 is 22.3 Å². The first-order valence-electron chi connectivity index (χ1n) is 8.02. The molecule has 1 heterocycles. The molecule has 0 aliphatic carbocycles. The summed E-state index contributed by atoms with van der Waals surface area (Å²) in [5.74, 6) is -0.178. The van der Waals surface area contributed by atoms with Crippen LogP contribution < -0.4 is 0 Å². The third-order valence-electron chi connectivity index (χ3n) is 4.19. The van der Waals surface area contributed by atoms with E-state index in [4.69, 9.17) is 0 Å². The maximum atomic E-state index is 12.8. The number of carbonyl (C=O) groups is 2. The summed E-state index contributed by atoms with van der Waals surface area (Å²) < 4.78 is 26.9. The lowest BCUT2D eigenvalue weighted by Gasteiger charge is -2.31. The van der Waals surface area contributed by atoms with E-state index in [-0.39, 0.29) is 23.9 Å². The average molecular weight is 353 g/mol. The minimum atomic E-state index is -3.67. The standard InChI is InChI=1S/C16H23N3O4S/c1-3-18(4-2)16(21)14-6-5-7-15(12-14)24(22,23)19-10-8-17(13-20)9-11-19/h5-7,12-13H,3-4,8-11H2,1-2H3. The molecule has 1 aromatic carbocycles. The third kappa shape index (κ3) is 3.76. The Morgan fingerprint density at radius 3 is 2.33 bits per heavy atom. The minimum Gasteiger partial charge on any atom is -0.343 e. The van der Waals surface area contributed by atoms with Crippen molar-refractivity contribution < 1.29 is 18.0 Å². The highest BCUT2D eigenvalue weighted by molar-refractivity contribution is 7.89. The van der Waals surface area contributed by atoms with Crippen LogP contribution in [0, 0.1) is 0 Å². The molecule has 0 N–H and O–H groups in total. The van der Waals surface area contributed by atoms with Crippen molar-refractivity contribution in [3.05, 3.63) is 29.8 Å². The van der Waals surface area contributed by atoms with Gasteiger partial charge in [0.2, 0.25) is 16.4 Å². The van der Waals surface area contributed by atoms with Gasteiger partial charge in [-0.25, -0.2) is 8.42 Å². The van der Waals surface area contributed by atoms with Crippen molar-refractivity contribution in [1.82, 2.24) is 14.1 Å². The molecule has 132 valence electrons. The van der Waals surface area contributed by atoms with Crippen LogP contribution in [0.25, 0.3) is 0 Å². The Morgan fingerprint density at radius 2 is 1.79 bits per heavy atom. The maximum Gasteiger partial charge on any atom is 0.253 e. The first kappa shape index (κ1) is 18.4. The molecule has 1 fully saturated rings. The Labute approximate surface area is 142 Å². The summed E-state index contributed by atoms with van der Waals surface area (Å²) in [6, 6.07) is 6.15. The number of piperazine rings is 1. The van der Waals surface area contributed by atoms with E-state index < -0.39 is 10.0 Å². The second-order valence-corrected chi connectivity index (χ2v) is 7.49. The Morgan fingerprint density at radius 1 is 1.17 bits per heavy atom. The smallest absolute Gasteiger partial charge is 0.253 e. The molecule has 1 saturated heterocycles. The highest BCUT2D eigenvalue weighted by Crippen LogP contribution is 2.19. The molecule has 0 atom stereocenters. The zero-order chi connectivity index (χ0) is 17.7. The number of amides is 2. The number of benzene rings is 1. The normalized spacial score (nSPS) is 16.0. The van der Waals surface area contributed by atoms with Crippen LogP contribution in [0.3, 0.4) is 0 Å². The summed E-state index contributed by atoms with van der Waals surface area (Å²) in [6.07, 6.45) is 0.729. The molecule has 2 rings (SSSR count). The Hall–Kier alpha value is -1.93.